The van der Waals surface area contributed by atoms with Gasteiger partial charge in [0.1, 0.15) is 11.6 Å². The van der Waals surface area contributed by atoms with Gasteiger partial charge in [-0.05, 0) is 59.0 Å². The predicted molar refractivity (Wildman–Crippen MR) is 214 cm³/mol. The third-order valence-corrected chi connectivity index (χ3v) is 11.4. The number of hydrogen-bond donors (Lipinski definition) is 0. The zero-order chi connectivity index (χ0) is 35.3. The Bertz CT molecular complexity index is 2890. The summed E-state index contributed by atoms with van der Waals surface area (Å²) in [7, 11) is 0. The first kappa shape index (κ1) is 30.1. The summed E-state index contributed by atoms with van der Waals surface area (Å²) in [6, 6.07) is 49.3. The van der Waals surface area contributed by atoms with E-state index in [0.717, 1.165) is 56.9 Å². The number of para-hydroxylation sites is 2. The molecule has 1 unspecified atom stereocenters. The molecule has 9 aromatic rings. The van der Waals surface area contributed by atoms with Gasteiger partial charge in [0.2, 0.25) is 0 Å². The van der Waals surface area contributed by atoms with Gasteiger partial charge in [-0.25, -0.2) is 15.0 Å². The predicted octanol–water partition coefficient (Wildman–Crippen LogP) is 11.9. The van der Waals surface area contributed by atoms with Crippen molar-refractivity contribution >= 4 is 38.9 Å². The summed E-state index contributed by atoms with van der Waals surface area (Å²) in [5.74, 6) is 2.82. The second-order valence-electron chi connectivity index (χ2n) is 14.7. The van der Waals surface area contributed by atoms with Crippen LogP contribution in [0.3, 0.4) is 0 Å². The van der Waals surface area contributed by atoms with Crippen molar-refractivity contribution in [3.05, 3.63) is 174 Å². The highest BCUT2D eigenvalue weighted by atomic mass is 16.3. The third kappa shape index (κ3) is 4.40. The van der Waals surface area contributed by atoms with Crippen molar-refractivity contribution in [2.45, 2.75) is 31.6 Å². The maximum absolute atomic E-state index is 6.93. The van der Waals surface area contributed by atoms with Crippen LogP contribution in [-0.2, 0) is 5.41 Å². The van der Waals surface area contributed by atoms with Crippen molar-refractivity contribution in [1.82, 2.24) is 19.5 Å². The van der Waals surface area contributed by atoms with E-state index < -0.39 is 0 Å². The molecule has 11 rings (SSSR count). The maximum atomic E-state index is 6.93. The number of aromatic nitrogens is 4. The van der Waals surface area contributed by atoms with Crippen molar-refractivity contribution in [2.24, 2.45) is 0 Å². The minimum absolute atomic E-state index is 0.0828. The van der Waals surface area contributed by atoms with E-state index in [1.165, 1.54) is 38.5 Å². The third-order valence-electron chi connectivity index (χ3n) is 11.4. The monoisotopic (exact) mass is 682 g/mol. The molecule has 3 aromatic heterocycles. The highest BCUT2D eigenvalue weighted by molar-refractivity contribution is 6.12. The van der Waals surface area contributed by atoms with Crippen molar-refractivity contribution in [3.8, 4) is 39.6 Å². The number of benzene rings is 6. The standard InChI is InChI=1S/C48H34N4O/c1-48(2)37-23-11-9-19-31(37)35-28-41-36(27-38(35)48)32-20-10-12-24-39(32)52(41)40-25-13-21-33-43-34(22-14-26-42(43)53-44(33)40)47-50-45(29-15-5-3-6-16-29)49-46(51-47)30-17-7-4-8-18-30/h3-21,23-28,34H,22H2,1-2H3. The number of rotatable bonds is 4. The van der Waals surface area contributed by atoms with E-state index in [1.54, 1.807) is 0 Å². The van der Waals surface area contributed by atoms with Gasteiger partial charge in [-0.3, -0.25) is 0 Å². The lowest BCUT2D eigenvalue weighted by Gasteiger charge is -2.21. The zero-order valence-corrected chi connectivity index (χ0v) is 29.4. The molecule has 0 amide bonds. The van der Waals surface area contributed by atoms with Crippen molar-refractivity contribution in [2.75, 3.05) is 0 Å². The molecule has 0 N–H and O–H groups in total. The van der Waals surface area contributed by atoms with Crippen LogP contribution in [-0.4, -0.2) is 19.5 Å². The molecule has 252 valence electrons. The number of furan rings is 1. The Labute approximate surface area is 306 Å². The van der Waals surface area contributed by atoms with Gasteiger partial charge in [0, 0.05) is 38.3 Å². The fourth-order valence-corrected chi connectivity index (χ4v) is 8.87. The lowest BCUT2D eigenvalue weighted by atomic mass is 9.82. The van der Waals surface area contributed by atoms with Crippen LogP contribution in [0.5, 0.6) is 0 Å². The van der Waals surface area contributed by atoms with E-state index in [2.05, 4.69) is 134 Å². The normalized spacial score (nSPS) is 15.5. The van der Waals surface area contributed by atoms with Crippen LogP contribution >= 0.6 is 0 Å². The van der Waals surface area contributed by atoms with Gasteiger partial charge in [-0.15, -0.1) is 0 Å². The number of nitrogens with zero attached hydrogens (tertiary/aromatic N) is 4. The summed E-state index contributed by atoms with van der Waals surface area (Å²) < 4.78 is 9.33. The van der Waals surface area contributed by atoms with E-state index >= 15 is 0 Å². The van der Waals surface area contributed by atoms with E-state index in [9.17, 15) is 0 Å². The molecule has 0 spiro atoms. The minimum Gasteiger partial charge on any atom is -0.454 e. The van der Waals surface area contributed by atoms with E-state index in [1.807, 2.05) is 36.4 Å². The zero-order valence-electron chi connectivity index (χ0n) is 29.4. The fourth-order valence-electron chi connectivity index (χ4n) is 8.87. The second-order valence-corrected chi connectivity index (χ2v) is 14.7. The van der Waals surface area contributed by atoms with Gasteiger partial charge >= 0.3 is 0 Å². The molecule has 0 fully saturated rings. The van der Waals surface area contributed by atoms with Crippen LogP contribution in [0.2, 0.25) is 0 Å². The summed E-state index contributed by atoms with van der Waals surface area (Å²) in [6.07, 6.45) is 5.06. The van der Waals surface area contributed by atoms with Crippen molar-refractivity contribution < 1.29 is 4.42 Å². The van der Waals surface area contributed by atoms with Crippen molar-refractivity contribution in [1.29, 1.82) is 0 Å². The van der Waals surface area contributed by atoms with E-state index in [0.29, 0.717) is 11.6 Å². The van der Waals surface area contributed by atoms with Crippen LogP contribution in [0.25, 0.3) is 78.4 Å². The summed E-state index contributed by atoms with van der Waals surface area (Å²) >= 11 is 0. The largest absolute Gasteiger partial charge is 0.454 e. The average molecular weight is 683 g/mol. The fraction of sp³-hybridized carbons (Fsp3) is 0.104. The molecular weight excluding hydrogens is 649 g/mol. The molecule has 6 aromatic carbocycles. The number of hydrogen-bond acceptors (Lipinski definition) is 4. The first-order valence-corrected chi connectivity index (χ1v) is 18.3. The topological polar surface area (TPSA) is 56.7 Å². The molecule has 0 aliphatic heterocycles. The first-order valence-electron chi connectivity index (χ1n) is 18.3. The van der Waals surface area contributed by atoms with Crippen LogP contribution in [0.4, 0.5) is 0 Å². The lowest BCUT2D eigenvalue weighted by molar-refractivity contribution is 0.584. The Hall–Kier alpha value is -6.59. The average Bonchev–Trinajstić information content (AvgIpc) is 3.83. The molecule has 53 heavy (non-hydrogen) atoms. The SMILES string of the molecule is CC1(C)c2ccccc2-c2cc3c(cc21)c1ccccc1n3-c1cccc2c3c(oc12)C=CCC3c1nc(-c2ccccc2)nc(-c2ccccc2)n1. The van der Waals surface area contributed by atoms with Gasteiger partial charge in [0.15, 0.2) is 17.2 Å². The molecule has 0 radical (unpaired) electrons. The molecule has 0 bridgehead atoms. The van der Waals surface area contributed by atoms with Crippen LogP contribution in [0.15, 0.2) is 150 Å². The van der Waals surface area contributed by atoms with Gasteiger partial charge in [0.05, 0.1) is 22.6 Å². The summed E-state index contributed by atoms with van der Waals surface area (Å²) in [4.78, 5) is 15.3. The van der Waals surface area contributed by atoms with E-state index in [-0.39, 0.29) is 11.3 Å². The Kier molecular flexibility index (Phi) is 6.36. The Morgan fingerprint density at radius 1 is 0.604 bits per heavy atom. The molecule has 3 heterocycles. The summed E-state index contributed by atoms with van der Waals surface area (Å²) in [5.41, 5.74) is 12.5. The van der Waals surface area contributed by atoms with Crippen LogP contribution in [0.1, 0.15) is 54.5 Å². The second kappa shape index (κ2) is 11.2. The first-order chi connectivity index (χ1) is 26.0. The highest BCUT2D eigenvalue weighted by Crippen LogP contribution is 2.51. The van der Waals surface area contributed by atoms with Gasteiger partial charge in [0.25, 0.3) is 0 Å². The molecule has 5 heteroatoms. The molecule has 0 saturated carbocycles. The molecular formula is C48H34N4O. The van der Waals surface area contributed by atoms with Gasteiger partial charge in [-0.1, -0.05) is 135 Å². The number of fused-ring (bicyclic) bond motifs is 9. The minimum atomic E-state index is -0.112. The summed E-state index contributed by atoms with van der Waals surface area (Å²) in [5, 5.41) is 3.56. The quantitative estimate of drug-likeness (QED) is 0.185. The molecule has 1 atom stereocenters. The Balaban J connectivity index is 1.13. The number of allylic oxidation sites excluding steroid dienone is 1. The van der Waals surface area contributed by atoms with Crippen LogP contribution in [0, 0.1) is 0 Å². The van der Waals surface area contributed by atoms with E-state index in [4.69, 9.17) is 19.4 Å². The van der Waals surface area contributed by atoms with Crippen molar-refractivity contribution in [3.63, 3.8) is 0 Å². The molecule has 5 nitrogen and oxygen atoms in total. The lowest BCUT2D eigenvalue weighted by Crippen LogP contribution is -2.14. The Morgan fingerprint density at radius 2 is 1.28 bits per heavy atom. The van der Waals surface area contributed by atoms with Gasteiger partial charge in [-0.2, -0.15) is 0 Å². The molecule has 0 saturated heterocycles. The van der Waals surface area contributed by atoms with Gasteiger partial charge < -0.3 is 8.98 Å². The summed E-state index contributed by atoms with van der Waals surface area (Å²) in [6.45, 7) is 4.69. The smallest absolute Gasteiger partial charge is 0.163 e. The Morgan fingerprint density at radius 3 is 2.06 bits per heavy atom. The molecule has 2 aliphatic carbocycles. The highest BCUT2D eigenvalue weighted by Gasteiger charge is 2.36. The molecule has 2 aliphatic rings. The maximum Gasteiger partial charge on any atom is 0.163 e. The van der Waals surface area contributed by atoms with Crippen LogP contribution < -0.4 is 0 Å².